The van der Waals surface area contributed by atoms with Crippen LogP contribution in [0.3, 0.4) is 0 Å². The molecule has 6 atom stereocenters. The van der Waals surface area contributed by atoms with Gasteiger partial charge < -0.3 is 24.5 Å². The number of hydrogen-bond acceptors (Lipinski definition) is 6. The second-order valence-corrected chi connectivity index (χ2v) is 13.8. The van der Waals surface area contributed by atoms with Crippen molar-refractivity contribution in [2.24, 2.45) is 11.8 Å². The number of carbonyl (C=O) groups excluding carboxylic acids is 3. The van der Waals surface area contributed by atoms with Gasteiger partial charge in [-0.15, -0.1) is 24.9 Å². The minimum absolute atomic E-state index is 0.0959. The van der Waals surface area contributed by atoms with Crippen LogP contribution < -0.4 is 9.64 Å². The molecule has 0 aromatic heterocycles. The lowest BCUT2D eigenvalue weighted by Gasteiger charge is -2.39. The monoisotopic (exact) mass is 603 g/mol. The predicted octanol–water partition coefficient (Wildman–Crippen LogP) is 4.29. The first kappa shape index (κ1) is 30.9. The number of anilines is 1. The molecular formula is C34H41N3O5S. The molecular weight excluding hydrogens is 562 g/mol. The lowest BCUT2D eigenvalue weighted by molar-refractivity contribution is -0.146. The Morgan fingerprint density at radius 2 is 1.77 bits per heavy atom. The minimum atomic E-state index is -0.846. The van der Waals surface area contributed by atoms with Gasteiger partial charge in [-0.2, -0.15) is 0 Å². The van der Waals surface area contributed by atoms with E-state index in [0.29, 0.717) is 37.4 Å². The van der Waals surface area contributed by atoms with Crippen molar-refractivity contribution in [1.29, 1.82) is 0 Å². The van der Waals surface area contributed by atoms with Crippen molar-refractivity contribution in [2.75, 3.05) is 31.7 Å². The number of thioether (sulfide) groups is 1. The van der Waals surface area contributed by atoms with E-state index >= 15 is 0 Å². The van der Waals surface area contributed by atoms with Gasteiger partial charge in [0.25, 0.3) is 5.91 Å². The number of methoxy groups -OCH3 is 1. The summed E-state index contributed by atoms with van der Waals surface area (Å²) in [5.74, 6) is -1.20. The van der Waals surface area contributed by atoms with E-state index < -0.39 is 33.4 Å². The lowest BCUT2D eigenvalue weighted by atomic mass is 9.66. The summed E-state index contributed by atoms with van der Waals surface area (Å²) in [6, 6.07) is 15.6. The maximum Gasteiger partial charge on any atom is 0.251 e. The average Bonchev–Trinajstić information content (AvgIpc) is 3.59. The quantitative estimate of drug-likeness (QED) is 0.364. The molecule has 5 rings (SSSR count). The Bertz CT molecular complexity index is 1380. The Hall–Kier alpha value is -3.56. The highest BCUT2D eigenvalue weighted by molar-refractivity contribution is 8.02. The number of aliphatic hydroxyl groups is 1. The van der Waals surface area contributed by atoms with Gasteiger partial charge in [0.05, 0.1) is 36.3 Å². The van der Waals surface area contributed by atoms with Crippen molar-refractivity contribution in [2.45, 2.75) is 54.8 Å². The van der Waals surface area contributed by atoms with Crippen LogP contribution in [0.25, 0.3) is 0 Å². The smallest absolute Gasteiger partial charge is 0.251 e. The Balaban J connectivity index is 1.56. The number of hydrogen-bond donors (Lipinski definition) is 1. The number of nitrogens with zero attached hydrogens (tertiary/aromatic N) is 3. The van der Waals surface area contributed by atoms with Crippen LogP contribution in [0.15, 0.2) is 79.9 Å². The third-order valence-corrected chi connectivity index (χ3v) is 11.3. The van der Waals surface area contributed by atoms with Crippen LogP contribution in [0.2, 0.25) is 0 Å². The topological polar surface area (TPSA) is 90.4 Å². The molecule has 3 fully saturated rings. The van der Waals surface area contributed by atoms with E-state index in [1.165, 1.54) is 0 Å². The first-order chi connectivity index (χ1) is 20.7. The van der Waals surface area contributed by atoms with Gasteiger partial charge in [0, 0.05) is 30.1 Å². The van der Waals surface area contributed by atoms with E-state index in [4.69, 9.17) is 4.74 Å². The standard InChI is InChI=1S/C34H41N3O5S/c1-6-19-35(21-24-11-9-8-10-12-24)30(39)27-28-31(40)37(23(3)22-38)29(34(28)18-17-33(27,4)43-34)32(41)36(20-7-2)25-13-15-26(42-5)16-14-25/h6-16,23,27-29,38H,1-2,17-22H2,3-5H3/t23-,27+,28+,29?,33-,34?/m1/s1. The van der Waals surface area contributed by atoms with Crippen LogP contribution in [0, 0.1) is 11.8 Å². The van der Waals surface area contributed by atoms with E-state index in [1.54, 1.807) is 64.8 Å². The summed E-state index contributed by atoms with van der Waals surface area (Å²) < 4.78 is 4.00. The van der Waals surface area contributed by atoms with Crippen molar-refractivity contribution in [3.05, 3.63) is 85.5 Å². The second kappa shape index (κ2) is 12.2. The Morgan fingerprint density at radius 3 is 2.37 bits per heavy atom. The highest BCUT2D eigenvalue weighted by Gasteiger charge is 2.77. The van der Waals surface area contributed by atoms with Gasteiger partial charge in [-0.3, -0.25) is 14.4 Å². The summed E-state index contributed by atoms with van der Waals surface area (Å²) in [5, 5.41) is 10.3. The van der Waals surface area contributed by atoms with Gasteiger partial charge >= 0.3 is 0 Å². The average molecular weight is 604 g/mol. The fraction of sp³-hybridized carbons (Fsp3) is 0.441. The van der Waals surface area contributed by atoms with Crippen molar-refractivity contribution >= 4 is 35.2 Å². The Labute approximate surface area is 258 Å². The zero-order valence-electron chi connectivity index (χ0n) is 25.1. The highest BCUT2D eigenvalue weighted by Crippen LogP contribution is 2.72. The largest absolute Gasteiger partial charge is 0.497 e. The normalized spacial score (nSPS) is 27.9. The number of benzene rings is 2. The van der Waals surface area contributed by atoms with Gasteiger partial charge in [0.1, 0.15) is 11.8 Å². The summed E-state index contributed by atoms with van der Waals surface area (Å²) in [5.41, 5.74) is 1.65. The first-order valence-corrected chi connectivity index (χ1v) is 15.6. The van der Waals surface area contributed by atoms with Crippen LogP contribution in [0.1, 0.15) is 32.3 Å². The zero-order chi connectivity index (χ0) is 30.9. The van der Waals surface area contributed by atoms with Gasteiger partial charge in [-0.1, -0.05) is 42.5 Å². The second-order valence-electron chi connectivity index (χ2n) is 11.9. The molecule has 3 heterocycles. The molecule has 2 aromatic carbocycles. The molecule has 228 valence electrons. The summed E-state index contributed by atoms with van der Waals surface area (Å²) in [6.45, 7) is 12.3. The summed E-state index contributed by atoms with van der Waals surface area (Å²) in [4.78, 5) is 48.7. The van der Waals surface area contributed by atoms with E-state index in [9.17, 15) is 19.5 Å². The van der Waals surface area contributed by atoms with Crippen molar-refractivity contribution in [3.8, 4) is 5.75 Å². The van der Waals surface area contributed by atoms with E-state index in [-0.39, 0.29) is 30.9 Å². The third-order valence-electron chi connectivity index (χ3n) is 9.29. The van der Waals surface area contributed by atoms with Gasteiger partial charge in [0.15, 0.2) is 0 Å². The molecule has 3 amide bonds. The van der Waals surface area contributed by atoms with Crippen molar-refractivity contribution in [1.82, 2.24) is 9.80 Å². The molecule has 2 bridgehead atoms. The molecule has 9 heteroatoms. The number of fused-ring (bicyclic) bond motifs is 1. The number of amides is 3. The summed E-state index contributed by atoms with van der Waals surface area (Å²) >= 11 is 1.63. The van der Waals surface area contributed by atoms with Crippen LogP contribution in [-0.2, 0) is 20.9 Å². The number of likely N-dealkylation sites (tertiary alicyclic amines) is 1. The maximum absolute atomic E-state index is 14.7. The van der Waals surface area contributed by atoms with E-state index in [2.05, 4.69) is 20.1 Å². The third kappa shape index (κ3) is 5.16. The maximum atomic E-state index is 14.7. The summed E-state index contributed by atoms with van der Waals surface area (Å²) in [7, 11) is 1.58. The molecule has 3 aliphatic heterocycles. The molecule has 43 heavy (non-hydrogen) atoms. The minimum Gasteiger partial charge on any atom is -0.497 e. The lowest BCUT2D eigenvalue weighted by Crippen LogP contribution is -2.57. The molecule has 0 radical (unpaired) electrons. The number of ether oxygens (including phenoxy) is 1. The van der Waals surface area contributed by atoms with Crippen LogP contribution in [-0.4, -0.2) is 81.0 Å². The van der Waals surface area contributed by atoms with Crippen LogP contribution in [0.5, 0.6) is 5.75 Å². The van der Waals surface area contributed by atoms with E-state index in [1.807, 2.05) is 42.5 Å². The molecule has 3 aliphatic rings. The van der Waals surface area contributed by atoms with Crippen molar-refractivity contribution < 1.29 is 24.2 Å². The molecule has 1 N–H and O–H groups in total. The fourth-order valence-electron chi connectivity index (χ4n) is 7.33. The zero-order valence-corrected chi connectivity index (χ0v) is 26.0. The number of aliphatic hydroxyl groups excluding tert-OH is 1. The van der Waals surface area contributed by atoms with Gasteiger partial charge in [-0.05, 0) is 56.5 Å². The highest BCUT2D eigenvalue weighted by atomic mass is 32.2. The molecule has 3 saturated heterocycles. The first-order valence-electron chi connectivity index (χ1n) is 14.8. The molecule has 2 aromatic rings. The fourth-order valence-corrected chi connectivity index (χ4v) is 9.66. The Morgan fingerprint density at radius 1 is 1.09 bits per heavy atom. The number of rotatable bonds is 12. The molecule has 0 saturated carbocycles. The summed E-state index contributed by atoms with van der Waals surface area (Å²) in [6.07, 6.45) is 4.71. The molecule has 1 spiro atoms. The van der Waals surface area contributed by atoms with Crippen LogP contribution >= 0.6 is 11.8 Å². The molecule has 8 nitrogen and oxygen atoms in total. The Kier molecular flexibility index (Phi) is 8.77. The van der Waals surface area contributed by atoms with E-state index in [0.717, 1.165) is 5.56 Å². The number of carbonyl (C=O) groups is 3. The van der Waals surface area contributed by atoms with Gasteiger partial charge in [-0.25, -0.2) is 0 Å². The van der Waals surface area contributed by atoms with Gasteiger partial charge in [0.2, 0.25) is 11.8 Å². The molecule has 0 aliphatic carbocycles. The predicted molar refractivity (Wildman–Crippen MR) is 170 cm³/mol. The van der Waals surface area contributed by atoms with Crippen LogP contribution in [0.4, 0.5) is 5.69 Å². The van der Waals surface area contributed by atoms with Crippen molar-refractivity contribution in [3.63, 3.8) is 0 Å². The molecule has 2 unspecified atom stereocenters. The SMILES string of the molecule is C=CCN(Cc1ccccc1)C(=O)[C@@H]1[C@H]2C(=O)N([C@H](C)CO)C(C(=O)N(CC=C)c3ccc(OC)cc3)C23CC[C@@]1(C)S3.